The van der Waals surface area contributed by atoms with Gasteiger partial charge in [-0.3, -0.25) is 9.36 Å². The van der Waals surface area contributed by atoms with Crippen molar-refractivity contribution >= 4 is 17.7 Å². The molecule has 0 saturated carbocycles. The monoisotopic (exact) mass is 396 g/mol. The molecule has 0 bridgehead atoms. The highest BCUT2D eigenvalue weighted by Gasteiger charge is 2.15. The van der Waals surface area contributed by atoms with E-state index in [2.05, 4.69) is 29.3 Å². The Balaban J connectivity index is 1.74. The third kappa shape index (κ3) is 4.92. The van der Waals surface area contributed by atoms with E-state index < -0.39 is 0 Å². The summed E-state index contributed by atoms with van der Waals surface area (Å²) in [4.78, 5) is 11.2. The van der Waals surface area contributed by atoms with Crippen LogP contribution in [0.2, 0.25) is 0 Å². The van der Waals surface area contributed by atoms with Gasteiger partial charge in [0.15, 0.2) is 5.16 Å². The molecule has 0 unspecified atom stereocenters. The highest BCUT2D eigenvalue weighted by molar-refractivity contribution is 7.99. The number of hydrogen-bond acceptors (Lipinski definition) is 5. The van der Waals surface area contributed by atoms with E-state index >= 15 is 0 Å². The minimum Gasteiger partial charge on any atom is -0.496 e. The molecule has 6 nitrogen and oxygen atoms in total. The number of primary amides is 1. The van der Waals surface area contributed by atoms with Gasteiger partial charge in [-0.15, -0.1) is 10.2 Å². The van der Waals surface area contributed by atoms with Crippen molar-refractivity contribution < 1.29 is 9.53 Å². The van der Waals surface area contributed by atoms with Gasteiger partial charge in [0.2, 0.25) is 5.91 Å². The lowest BCUT2D eigenvalue weighted by Gasteiger charge is -2.10. The first-order valence-electron chi connectivity index (χ1n) is 9.13. The summed E-state index contributed by atoms with van der Waals surface area (Å²) in [5.74, 6) is 1.59. The molecule has 1 amide bonds. The molecule has 7 heteroatoms. The van der Waals surface area contributed by atoms with Crippen molar-refractivity contribution in [1.82, 2.24) is 14.8 Å². The smallest absolute Gasteiger partial charge is 0.227 e. The Morgan fingerprint density at radius 3 is 2.61 bits per heavy atom. The van der Waals surface area contributed by atoms with Crippen LogP contribution < -0.4 is 10.5 Å². The summed E-state index contributed by atoms with van der Waals surface area (Å²) >= 11 is 1.31. The number of amides is 1. The molecule has 0 aliphatic rings. The molecule has 28 heavy (non-hydrogen) atoms. The van der Waals surface area contributed by atoms with Crippen molar-refractivity contribution in [3.8, 4) is 11.4 Å². The van der Waals surface area contributed by atoms with Gasteiger partial charge in [0.25, 0.3) is 0 Å². The number of rotatable bonds is 9. The van der Waals surface area contributed by atoms with E-state index in [0.29, 0.717) is 5.16 Å². The molecule has 0 saturated heterocycles. The van der Waals surface area contributed by atoms with Crippen LogP contribution in [0.3, 0.4) is 0 Å². The molecule has 3 rings (SSSR count). The molecule has 0 atom stereocenters. The summed E-state index contributed by atoms with van der Waals surface area (Å²) in [5.41, 5.74) is 8.68. The molecule has 0 spiro atoms. The van der Waals surface area contributed by atoms with E-state index in [1.165, 1.54) is 17.3 Å². The normalized spacial score (nSPS) is 10.8. The van der Waals surface area contributed by atoms with E-state index in [9.17, 15) is 4.79 Å². The summed E-state index contributed by atoms with van der Waals surface area (Å²) in [6.07, 6.45) is 2.66. The van der Waals surface area contributed by atoms with Crippen LogP contribution in [0.4, 0.5) is 0 Å². The minimum atomic E-state index is -0.371. The van der Waals surface area contributed by atoms with Crippen LogP contribution >= 0.6 is 11.8 Å². The summed E-state index contributed by atoms with van der Waals surface area (Å²) in [5, 5.41) is 9.33. The number of carbonyl (C=O) groups excluding carboxylic acids is 1. The summed E-state index contributed by atoms with van der Waals surface area (Å²) in [6, 6.07) is 16.2. The standard InChI is InChI=1S/C21H24N4O2S/c1-15-13-16(11-12-18(15)27-2)7-6-10-20-23-24-21(28-14-19(22)26)25(20)17-8-4-3-5-9-17/h3-5,8-9,11-13H,6-7,10,14H2,1-2H3,(H2,22,26). The number of benzene rings is 2. The van der Waals surface area contributed by atoms with Crippen molar-refractivity contribution in [2.45, 2.75) is 31.3 Å². The molecule has 0 aliphatic carbocycles. The van der Waals surface area contributed by atoms with Gasteiger partial charge in [-0.1, -0.05) is 42.1 Å². The first kappa shape index (κ1) is 19.9. The Bertz CT molecular complexity index is 941. The Hall–Kier alpha value is -2.80. The molecule has 146 valence electrons. The van der Waals surface area contributed by atoms with Gasteiger partial charge >= 0.3 is 0 Å². The Morgan fingerprint density at radius 2 is 1.93 bits per heavy atom. The van der Waals surface area contributed by atoms with Crippen molar-refractivity contribution in [2.75, 3.05) is 12.9 Å². The number of hydrogen-bond donors (Lipinski definition) is 1. The van der Waals surface area contributed by atoms with Crippen LogP contribution in [-0.4, -0.2) is 33.5 Å². The highest BCUT2D eigenvalue weighted by atomic mass is 32.2. The van der Waals surface area contributed by atoms with Gasteiger partial charge in [-0.2, -0.15) is 0 Å². The molecule has 0 aliphatic heterocycles. The van der Waals surface area contributed by atoms with Crippen molar-refractivity contribution in [3.63, 3.8) is 0 Å². The van der Waals surface area contributed by atoms with E-state index in [1.54, 1.807) is 7.11 Å². The van der Waals surface area contributed by atoms with Crippen molar-refractivity contribution in [3.05, 3.63) is 65.5 Å². The summed E-state index contributed by atoms with van der Waals surface area (Å²) < 4.78 is 7.33. The third-order valence-electron chi connectivity index (χ3n) is 4.38. The SMILES string of the molecule is COc1ccc(CCCc2nnc(SCC(N)=O)n2-c2ccccc2)cc1C. The second kappa shape index (κ2) is 9.41. The van der Waals surface area contributed by atoms with E-state index in [-0.39, 0.29) is 11.7 Å². The zero-order chi connectivity index (χ0) is 19.9. The van der Waals surface area contributed by atoms with Crippen molar-refractivity contribution in [2.24, 2.45) is 5.73 Å². The average molecular weight is 397 g/mol. The van der Waals surface area contributed by atoms with E-state index in [1.807, 2.05) is 41.0 Å². The van der Waals surface area contributed by atoms with Crippen LogP contribution in [0.5, 0.6) is 5.75 Å². The van der Waals surface area contributed by atoms with Gasteiger partial charge < -0.3 is 10.5 Å². The van der Waals surface area contributed by atoms with Gasteiger partial charge in [-0.25, -0.2) is 0 Å². The van der Waals surface area contributed by atoms with Crippen LogP contribution in [0.1, 0.15) is 23.4 Å². The molecule has 1 heterocycles. The zero-order valence-corrected chi connectivity index (χ0v) is 16.9. The highest BCUT2D eigenvalue weighted by Crippen LogP contribution is 2.23. The second-order valence-electron chi connectivity index (χ2n) is 6.48. The number of thioether (sulfide) groups is 1. The Morgan fingerprint density at radius 1 is 1.14 bits per heavy atom. The van der Waals surface area contributed by atoms with Crippen molar-refractivity contribution in [1.29, 1.82) is 0 Å². The maximum Gasteiger partial charge on any atom is 0.227 e. The van der Waals surface area contributed by atoms with Crippen LogP contribution in [-0.2, 0) is 17.6 Å². The number of aryl methyl sites for hydroxylation is 3. The molecule has 1 aromatic heterocycles. The van der Waals surface area contributed by atoms with Gasteiger partial charge in [-0.05, 0) is 49.1 Å². The fourth-order valence-corrected chi connectivity index (χ4v) is 3.78. The molecule has 2 aromatic carbocycles. The topological polar surface area (TPSA) is 83.0 Å². The lowest BCUT2D eigenvalue weighted by atomic mass is 10.0. The number of nitrogens with two attached hydrogens (primary N) is 1. The lowest BCUT2D eigenvalue weighted by Crippen LogP contribution is -2.14. The second-order valence-corrected chi connectivity index (χ2v) is 7.42. The molecule has 3 aromatic rings. The Kier molecular flexibility index (Phi) is 6.71. The van der Waals surface area contributed by atoms with Gasteiger partial charge in [0.05, 0.1) is 12.9 Å². The predicted molar refractivity (Wildman–Crippen MR) is 111 cm³/mol. The number of nitrogens with zero attached hydrogens (tertiary/aromatic N) is 3. The summed E-state index contributed by atoms with van der Waals surface area (Å²) in [7, 11) is 1.69. The maximum absolute atomic E-state index is 11.2. The first-order chi connectivity index (χ1) is 13.6. The molecular formula is C21H24N4O2S. The fraction of sp³-hybridized carbons (Fsp3) is 0.286. The minimum absolute atomic E-state index is 0.177. The average Bonchev–Trinajstić information content (AvgIpc) is 3.10. The number of carbonyl (C=O) groups is 1. The van der Waals surface area contributed by atoms with E-state index in [4.69, 9.17) is 10.5 Å². The van der Waals surface area contributed by atoms with Gasteiger partial charge in [0.1, 0.15) is 11.6 Å². The number of methoxy groups -OCH3 is 1. The first-order valence-corrected chi connectivity index (χ1v) is 10.1. The Labute approximate surface area is 169 Å². The maximum atomic E-state index is 11.2. The van der Waals surface area contributed by atoms with Crippen LogP contribution in [0.15, 0.2) is 53.7 Å². The summed E-state index contributed by atoms with van der Waals surface area (Å²) in [6.45, 7) is 2.05. The molecule has 0 radical (unpaired) electrons. The molecular weight excluding hydrogens is 372 g/mol. The van der Waals surface area contributed by atoms with Crippen LogP contribution in [0, 0.1) is 6.92 Å². The lowest BCUT2D eigenvalue weighted by molar-refractivity contribution is -0.115. The molecule has 2 N–H and O–H groups in total. The predicted octanol–water partition coefficient (Wildman–Crippen LogP) is 3.34. The van der Waals surface area contributed by atoms with E-state index in [0.717, 1.165) is 42.1 Å². The number of para-hydroxylation sites is 1. The third-order valence-corrected chi connectivity index (χ3v) is 5.33. The zero-order valence-electron chi connectivity index (χ0n) is 16.1. The quantitative estimate of drug-likeness (QED) is 0.561. The van der Waals surface area contributed by atoms with Gasteiger partial charge in [0, 0.05) is 12.1 Å². The largest absolute Gasteiger partial charge is 0.496 e. The van der Waals surface area contributed by atoms with Crippen LogP contribution in [0.25, 0.3) is 5.69 Å². The fourth-order valence-electron chi connectivity index (χ4n) is 3.07. The molecule has 0 fully saturated rings. The number of aromatic nitrogens is 3. The number of ether oxygens (including phenoxy) is 1.